The molecule has 1 aromatic heterocycles. The summed E-state index contributed by atoms with van der Waals surface area (Å²) in [5.41, 5.74) is 0.795. The van der Waals surface area contributed by atoms with Gasteiger partial charge in [-0.1, -0.05) is 23.7 Å². The molecule has 0 saturated carbocycles. The van der Waals surface area contributed by atoms with Crippen molar-refractivity contribution in [2.24, 2.45) is 0 Å². The smallest absolute Gasteiger partial charge is 0.275 e. The van der Waals surface area contributed by atoms with Crippen molar-refractivity contribution in [3.8, 4) is 5.75 Å². The third-order valence-corrected chi connectivity index (χ3v) is 2.46. The Kier molecular flexibility index (Phi) is 3.30. The Morgan fingerprint density at radius 3 is 2.88 bits per heavy atom. The van der Waals surface area contributed by atoms with Gasteiger partial charge in [0, 0.05) is 0 Å². The van der Waals surface area contributed by atoms with Crippen molar-refractivity contribution < 1.29 is 9.53 Å². The van der Waals surface area contributed by atoms with Gasteiger partial charge >= 0.3 is 0 Å². The van der Waals surface area contributed by atoms with Crippen LogP contribution in [-0.4, -0.2) is 23.2 Å². The second kappa shape index (κ2) is 4.88. The first-order valence-electron chi connectivity index (χ1n) is 4.85. The average molecular weight is 252 g/mol. The fourth-order valence-electron chi connectivity index (χ4n) is 1.36. The number of amides is 1. The van der Waals surface area contributed by atoms with Gasteiger partial charge in [-0.05, 0) is 12.1 Å². The number of H-pyrrole nitrogens is 1. The maximum atomic E-state index is 11.8. The van der Waals surface area contributed by atoms with Crippen molar-refractivity contribution in [3.63, 3.8) is 0 Å². The van der Waals surface area contributed by atoms with Crippen LogP contribution in [0.25, 0.3) is 0 Å². The fourth-order valence-corrected chi connectivity index (χ4v) is 1.54. The molecule has 0 fully saturated rings. The van der Waals surface area contributed by atoms with Gasteiger partial charge in [0.05, 0.1) is 24.0 Å². The molecule has 0 aliphatic heterocycles. The van der Waals surface area contributed by atoms with Crippen LogP contribution in [0.5, 0.6) is 5.75 Å². The van der Waals surface area contributed by atoms with Gasteiger partial charge in [0.15, 0.2) is 0 Å². The number of ether oxygens (including phenoxy) is 1. The third-order valence-electron chi connectivity index (χ3n) is 2.18. The Bertz CT molecular complexity index is 539. The largest absolute Gasteiger partial charge is 0.495 e. The van der Waals surface area contributed by atoms with E-state index in [4.69, 9.17) is 16.3 Å². The van der Waals surface area contributed by atoms with Gasteiger partial charge in [-0.2, -0.15) is 5.10 Å². The van der Waals surface area contributed by atoms with Crippen LogP contribution < -0.4 is 10.1 Å². The maximum absolute atomic E-state index is 11.8. The van der Waals surface area contributed by atoms with Crippen LogP contribution in [0.4, 0.5) is 5.69 Å². The Balaban J connectivity index is 2.22. The predicted molar refractivity (Wildman–Crippen MR) is 64.5 cm³/mol. The summed E-state index contributed by atoms with van der Waals surface area (Å²) in [6.45, 7) is 0. The number of carbonyl (C=O) groups is 1. The molecule has 5 nitrogen and oxygen atoms in total. The SMILES string of the molecule is COc1ccccc1NC(=O)c1[nH]ncc1Cl. The number of hydrogen-bond donors (Lipinski definition) is 2. The zero-order valence-electron chi connectivity index (χ0n) is 9.03. The molecule has 0 unspecified atom stereocenters. The molecule has 1 heterocycles. The summed E-state index contributed by atoms with van der Waals surface area (Å²) in [5, 5.41) is 9.17. The van der Waals surface area contributed by atoms with Gasteiger partial charge in [0.2, 0.25) is 0 Å². The van der Waals surface area contributed by atoms with E-state index < -0.39 is 0 Å². The predicted octanol–water partition coefficient (Wildman–Crippen LogP) is 2.32. The molecule has 1 aromatic carbocycles. The minimum absolute atomic E-state index is 0.220. The highest BCUT2D eigenvalue weighted by atomic mass is 35.5. The van der Waals surface area contributed by atoms with E-state index in [0.29, 0.717) is 11.4 Å². The van der Waals surface area contributed by atoms with Crippen LogP contribution in [0.3, 0.4) is 0 Å². The van der Waals surface area contributed by atoms with Crippen molar-refractivity contribution >= 4 is 23.2 Å². The molecule has 2 N–H and O–H groups in total. The number of nitrogens with zero attached hydrogens (tertiary/aromatic N) is 1. The molecule has 0 aliphatic carbocycles. The summed E-state index contributed by atoms with van der Waals surface area (Å²) in [4.78, 5) is 11.8. The van der Waals surface area contributed by atoms with E-state index in [2.05, 4.69) is 15.5 Å². The zero-order chi connectivity index (χ0) is 12.3. The molecule has 2 aromatic rings. The van der Waals surface area contributed by atoms with Crippen molar-refractivity contribution in [1.82, 2.24) is 10.2 Å². The number of methoxy groups -OCH3 is 1. The molecule has 17 heavy (non-hydrogen) atoms. The molecule has 0 saturated heterocycles. The number of benzene rings is 1. The van der Waals surface area contributed by atoms with Crippen LogP contribution in [0.2, 0.25) is 5.02 Å². The van der Waals surface area contributed by atoms with E-state index in [1.54, 1.807) is 18.2 Å². The highest BCUT2D eigenvalue weighted by molar-refractivity contribution is 6.34. The van der Waals surface area contributed by atoms with E-state index in [1.165, 1.54) is 13.3 Å². The Morgan fingerprint density at radius 2 is 2.24 bits per heavy atom. The summed E-state index contributed by atoms with van der Waals surface area (Å²) in [6.07, 6.45) is 1.37. The van der Waals surface area contributed by atoms with Gasteiger partial charge in [0.1, 0.15) is 11.4 Å². The van der Waals surface area contributed by atoms with E-state index in [1.807, 2.05) is 6.07 Å². The minimum Gasteiger partial charge on any atom is -0.495 e. The topological polar surface area (TPSA) is 67.0 Å². The lowest BCUT2D eigenvalue weighted by Gasteiger charge is -2.08. The average Bonchev–Trinajstić information content (AvgIpc) is 2.76. The monoisotopic (exact) mass is 251 g/mol. The maximum Gasteiger partial charge on any atom is 0.275 e. The van der Waals surface area contributed by atoms with E-state index >= 15 is 0 Å². The second-order valence-electron chi connectivity index (χ2n) is 3.25. The van der Waals surface area contributed by atoms with Crippen LogP contribution in [0, 0.1) is 0 Å². The minimum atomic E-state index is -0.364. The van der Waals surface area contributed by atoms with Crippen molar-refractivity contribution in [3.05, 3.63) is 41.2 Å². The molecule has 0 bridgehead atoms. The van der Waals surface area contributed by atoms with Crippen LogP contribution >= 0.6 is 11.6 Å². The zero-order valence-corrected chi connectivity index (χ0v) is 9.78. The Hall–Kier alpha value is -2.01. The molecule has 1 amide bonds. The van der Waals surface area contributed by atoms with Gasteiger partial charge in [0.25, 0.3) is 5.91 Å². The summed E-state index contributed by atoms with van der Waals surface area (Å²) < 4.78 is 5.12. The number of aromatic nitrogens is 2. The molecular formula is C11H10ClN3O2. The van der Waals surface area contributed by atoms with Gasteiger partial charge < -0.3 is 10.1 Å². The number of halogens is 1. The number of nitrogens with one attached hydrogen (secondary N) is 2. The van der Waals surface area contributed by atoms with Crippen molar-refractivity contribution in [1.29, 1.82) is 0 Å². The lowest BCUT2D eigenvalue weighted by Crippen LogP contribution is -2.13. The molecule has 6 heteroatoms. The molecule has 88 valence electrons. The first kappa shape index (κ1) is 11.5. The Labute approximate surface area is 103 Å². The molecule has 0 radical (unpaired) electrons. The summed E-state index contributed by atoms with van der Waals surface area (Å²) in [5.74, 6) is 0.216. The molecule has 0 aliphatic rings. The second-order valence-corrected chi connectivity index (χ2v) is 3.65. The highest BCUT2D eigenvalue weighted by Gasteiger charge is 2.14. The lowest BCUT2D eigenvalue weighted by molar-refractivity contribution is 0.102. The van der Waals surface area contributed by atoms with Gasteiger partial charge in [-0.15, -0.1) is 0 Å². The standard InChI is InChI=1S/C11H10ClN3O2/c1-17-9-5-3-2-4-8(9)14-11(16)10-7(12)6-13-15-10/h2-6H,1H3,(H,13,15)(H,14,16). The van der Waals surface area contributed by atoms with E-state index in [9.17, 15) is 4.79 Å². The number of rotatable bonds is 3. The van der Waals surface area contributed by atoms with Gasteiger partial charge in [-0.3, -0.25) is 9.89 Å². The third kappa shape index (κ3) is 2.39. The first-order chi connectivity index (χ1) is 8.22. The normalized spacial score (nSPS) is 10.0. The van der Waals surface area contributed by atoms with Crippen molar-refractivity contribution in [2.75, 3.05) is 12.4 Å². The number of anilines is 1. The number of hydrogen-bond acceptors (Lipinski definition) is 3. The molecule has 0 atom stereocenters. The van der Waals surface area contributed by atoms with Crippen LogP contribution in [0.15, 0.2) is 30.5 Å². The summed E-state index contributed by atoms with van der Waals surface area (Å²) >= 11 is 5.79. The summed E-state index contributed by atoms with van der Waals surface area (Å²) in [7, 11) is 1.54. The number of aromatic amines is 1. The van der Waals surface area contributed by atoms with Gasteiger partial charge in [-0.25, -0.2) is 0 Å². The van der Waals surface area contributed by atoms with Crippen molar-refractivity contribution in [2.45, 2.75) is 0 Å². The number of carbonyl (C=O) groups excluding carboxylic acids is 1. The van der Waals surface area contributed by atoms with E-state index in [-0.39, 0.29) is 16.6 Å². The quantitative estimate of drug-likeness (QED) is 0.880. The van der Waals surface area contributed by atoms with Crippen LogP contribution in [-0.2, 0) is 0 Å². The molecule has 0 spiro atoms. The summed E-state index contributed by atoms with van der Waals surface area (Å²) in [6, 6.07) is 7.11. The van der Waals surface area contributed by atoms with E-state index in [0.717, 1.165) is 0 Å². The number of para-hydroxylation sites is 2. The highest BCUT2D eigenvalue weighted by Crippen LogP contribution is 2.24. The first-order valence-corrected chi connectivity index (χ1v) is 5.23. The lowest BCUT2D eigenvalue weighted by atomic mass is 10.3. The fraction of sp³-hybridized carbons (Fsp3) is 0.0909. The molecule has 2 rings (SSSR count). The molecular weight excluding hydrogens is 242 g/mol. The Morgan fingerprint density at radius 1 is 1.47 bits per heavy atom. The van der Waals surface area contributed by atoms with Crippen LogP contribution in [0.1, 0.15) is 10.5 Å².